The Hall–Kier alpha value is -2.62. The van der Waals surface area contributed by atoms with Gasteiger partial charge in [0.25, 0.3) is 0 Å². The zero-order valence-corrected chi connectivity index (χ0v) is 17.6. The number of primary amides is 1. The number of carbonyl (C=O) groups excluding carboxylic acids is 1. The second kappa shape index (κ2) is 8.63. The van der Waals surface area contributed by atoms with Crippen LogP contribution in [0.5, 0.6) is 5.75 Å². The van der Waals surface area contributed by atoms with Crippen molar-refractivity contribution in [3.63, 3.8) is 0 Å². The van der Waals surface area contributed by atoms with E-state index in [1.165, 1.54) is 12.4 Å². The summed E-state index contributed by atoms with van der Waals surface area (Å²) >= 11 is 7.54. The molecule has 1 aliphatic heterocycles. The molecule has 0 spiro atoms. The largest absolute Gasteiger partial charge is 0.496 e. The summed E-state index contributed by atoms with van der Waals surface area (Å²) in [6.45, 7) is 0.472. The zero-order chi connectivity index (χ0) is 21.3. The first kappa shape index (κ1) is 20.6. The molecule has 1 aliphatic rings. The Morgan fingerprint density at radius 1 is 1.43 bits per heavy atom. The van der Waals surface area contributed by atoms with E-state index in [-0.39, 0.29) is 22.7 Å². The highest BCUT2D eigenvalue weighted by Crippen LogP contribution is 2.33. The fourth-order valence-corrected chi connectivity index (χ4v) is 4.77. The summed E-state index contributed by atoms with van der Waals surface area (Å²) in [6.07, 6.45) is 1.40. The first-order valence-corrected chi connectivity index (χ1v) is 10.6. The molecule has 0 aliphatic carbocycles. The maximum atomic E-state index is 14.4. The predicted octanol–water partition coefficient (Wildman–Crippen LogP) is 3.53. The quantitative estimate of drug-likeness (QED) is 0.597. The number of ether oxygens (including phenoxy) is 1. The number of hydrogen-bond acceptors (Lipinski definition) is 7. The highest BCUT2D eigenvalue weighted by Gasteiger charge is 2.30. The fourth-order valence-electron chi connectivity index (χ4n) is 3.38. The van der Waals surface area contributed by atoms with E-state index in [0.717, 1.165) is 5.56 Å². The monoisotopic (exact) mass is 447 g/mol. The van der Waals surface area contributed by atoms with Crippen molar-refractivity contribution in [2.45, 2.75) is 12.6 Å². The molecule has 2 heterocycles. The first-order chi connectivity index (χ1) is 14.5. The van der Waals surface area contributed by atoms with Gasteiger partial charge in [0.15, 0.2) is 5.82 Å². The molecule has 1 saturated heterocycles. The number of benzene rings is 2. The van der Waals surface area contributed by atoms with Crippen molar-refractivity contribution in [3.05, 3.63) is 53.1 Å². The van der Waals surface area contributed by atoms with Gasteiger partial charge in [-0.2, -0.15) is 0 Å². The summed E-state index contributed by atoms with van der Waals surface area (Å²) in [5.41, 5.74) is 7.24. The molecule has 156 valence electrons. The van der Waals surface area contributed by atoms with Crippen LogP contribution in [0.3, 0.4) is 0 Å². The van der Waals surface area contributed by atoms with E-state index in [0.29, 0.717) is 40.6 Å². The number of anilines is 2. The number of fused-ring (bicyclic) bond motifs is 1. The van der Waals surface area contributed by atoms with Gasteiger partial charge in [-0.25, -0.2) is 14.4 Å². The van der Waals surface area contributed by atoms with Gasteiger partial charge in [0, 0.05) is 35.2 Å². The van der Waals surface area contributed by atoms with Crippen LogP contribution >= 0.6 is 23.4 Å². The number of halogens is 2. The minimum Gasteiger partial charge on any atom is -0.496 e. The van der Waals surface area contributed by atoms with E-state index in [2.05, 4.69) is 15.3 Å². The number of rotatable bonds is 6. The van der Waals surface area contributed by atoms with Crippen LogP contribution in [0.2, 0.25) is 5.02 Å². The molecule has 4 rings (SSSR count). The summed E-state index contributed by atoms with van der Waals surface area (Å²) in [4.78, 5) is 22.3. The normalized spacial score (nSPS) is 16.7. The number of carbonyl (C=O) groups is 1. The van der Waals surface area contributed by atoms with Gasteiger partial charge in [0.1, 0.15) is 17.9 Å². The highest BCUT2D eigenvalue weighted by atomic mass is 35.5. The molecule has 1 aromatic heterocycles. The predicted molar refractivity (Wildman–Crippen MR) is 117 cm³/mol. The van der Waals surface area contributed by atoms with Crippen molar-refractivity contribution in [2.75, 3.05) is 24.1 Å². The molecule has 0 bridgehead atoms. The summed E-state index contributed by atoms with van der Waals surface area (Å²) < 4.78 is 19.9. The van der Waals surface area contributed by atoms with Gasteiger partial charge in [-0.3, -0.25) is 9.69 Å². The van der Waals surface area contributed by atoms with Crippen molar-refractivity contribution in [1.29, 1.82) is 0 Å². The zero-order valence-electron chi connectivity index (χ0n) is 16.1. The van der Waals surface area contributed by atoms with Crippen molar-refractivity contribution >= 4 is 51.7 Å². The topological polar surface area (TPSA) is 93.4 Å². The second-order valence-corrected chi connectivity index (χ2v) is 8.20. The van der Waals surface area contributed by atoms with Gasteiger partial charge in [-0.05, 0) is 18.2 Å². The number of thioether (sulfide) groups is 1. The van der Waals surface area contributed by atoms with Crippen LogP contribution in [0, 0.1) is 5.82 Å². The molecular formula is C20H19ClFN5O2S. The minimum atomic E-state index is -0.557. The maximum Gasteiger partial charge on any atom is 0.235 e. The third-order valence-corrected chi connectivity index (χ3v) is 6.28. The molecule has 7 nitrogen and oxygen atoms in total. The van der Waals surface area contributed by atoms with Crippen LogP contribution in [0.25, 0.3) is 10.9 Å². The van der Waals surface area contributed by atoms with Crippen LogP contribution in [0.15, 0.2) is 36.7 Å². The Morgan fingerprint density at radius 2 is 2.27 bits per heavy atom. The third kappa shape index (κ3) is 4.00. The van der Waals surface area contributed by atoms with E-state index in [4.69, 9.17) is 22.1 Å². The van der Waals surface area contributed by atoms with E-state index in [1.807, 2.05) is 11.0 Å². The van der Waals surface area contributed by atoms with E-state index >= 15 is 0 Å². The minimum absolute atomic E-state index is 0.0183. The van der Waals surface area contributed by atoms with Crippen LogP contribution in [0.1, 0.15) is 5.56 Å². The highest BCUT2D eigenvalue weighted by molar-refractivity contribution is 7.99. The molecule has 2 aromatic carbocycles. The van der Waals surface area contributed by atoms with Crippen LogP contribution < -0.4 is 15.8 Å². The molecule has 0 saturated carbocycles. The van der Waals surface area contributed by atoms with Crippen LogP contribution in [-0.2, 0) is 11.3 Å². The van der Waals surface area contributed by atoms with Crippen molar-refractivity contribution in [3.8, 4) is 5.75 Å². The average Bonchev–Trinajstić information content (AvgIpc) is 3.20. The van der Waals surface area contributed by atoms with E-state index < -0.39 is 5.82 Å². The number of aromatic nitrogens is 2. The molecular weight excluding hydrogens is 429 g/mol. The number of hydrogen-bond donors (Lipinski definition) is 2. The Balaban J connectivity index is 1.74. The van der Waals surface area contributed by atoms with Crippen molar-refractivity contribution < 1.29 is 13.9 Å². The van der Waals surface area contributed by atoms with Crippen LogP contribution in [-0.4, -0.2) is 45.6 Å². The molecule has 0 unspecified atom stereocenters. The van der Waals surface area contributed by atoms with Gasteiger partial charge in [-0.1, -0.05) is 17.7 Å². The maximum absolute atomic E-state index is 14.4. The lowest BCUT2D eigenvalue weighted by molar-refractivity contribution is -0.122. The number of nitrogens with zero attached hydrogens (tertiary/aromatic N) is 3. The van der Waals surface area contributed by atoms with E-state index in [9.17, 15) is 9.18 Å². The Morgan fingerprint density at radius 3 is 3.03 bits per heavy atom. The van der Waals surface area contributed by atoms with Gasteiger partial charge in [0.2, 0.25) is 5.91 Å². The summed E-state index contributed by atoms with van der Waals surface area (Å²) in [5.74, 6) is 1.53. The van der Waals surface area contributed by atoms with Gasteiger partial charge in [-0.15, -0.1) is 11.8 Å². The number of nitrogens with one attached hydrogen (secondary N) is 1. The molecule has 10 heteroatoms. The smallest absolute Gasteiger partial charge is 0.235 e. The first-order valence-electron chi connectivity index (χ1n) is 9.11. The Labute approximate surface area is 181 Å². The standard InChI is InChI=1S/C20H19ClFN5O2S/c1-29-17-6-15-12(5-11(17)7-27-10-30-8-16(27)19(23)28)20(25-9-24-15)26-14-4-2-3-13(21)18(14)22/h2-6,9,16H,7-8,10H2,1H3,(H2,23,28)(H,24,25,26)/t16-/m0/s1. The number of methoxy groups -OCH3 is 1. The number of amides is 1. The van der Waals surface area contributed by atoms with Crippen molar-refractivity contribution in [1.82, 2.24) is 14.9 Å². The number of nitrogens with two attached hydrogens (primary N) is 1. The molecule has 1 amide bonds. The molecule has 0 radical (unpaired) electrons. The lowest BCUT2D eigenvalue weighted by atomic mass is 10.1. The Bertz CT molecular complexity index is 1120. The second-order valence-electron chi connectivity index (χ2n) is 6.79. The molecule has 1 fully saturated rings. The molecule has 3 N–H and O–H groups in total. The van der Waals surface area contributed by atoms with Gasteiger partial charge >= 0.3 is 0 Å². The third-order valence-electron chi connectivity index (χ3n) is 4.92. The average molecular weight is 448 g/mol. The Kier molecular flexibility index (Phi) is 5.94. The lowest BCUT2D eigenvalue weighted by Gasteiger charge is -2.22. The molecule has 1 atom stereocenters. The van der Waals surface area contributed by atoms with Crippen molar-refractivity contribution in [2.24, 2.45) is 5.73 Å². The lowest BCUT2D eigenvalue weighted by Crippen LogP contribution is -2.41. The molecule has 30 heavy (non-hydrogen) atoms. The van der Waals surface area contributed by atoms with Gasteiger partial charge < -0.3 is 15.8 Å². The summed E-state index contributed by atoms with van der Waals surface area (Å²) in [6, 6.07) is 8.07. The SMILES string of the molecule is COc1cc2ncnc(Nc3cccc(Cl)c3F)c2cc1CN1CSC[C@H]1C(N)=O. The van der Waals surface area contributed by atoms with E-state index in [1.54, 1.807) is 37.1 Å². The van der Waals surface area contributed by atoms with Crippen LogP contribution in [0.4, 0.5) is 15.9 Å². The van der Waals surface area contributed by atoms with Gasteiger partial charge in [0.05, 0.1) is 29.4 Å². The summed E-state index contributed by atoms with van der Waals surface area (Å²) in [7, 11) is 1.58. The molecule has 3 aromatic rings. The summed E-state index contributed by atoms with van der Waals surface area (Å²) in [5, 5.41) is 3.71. The fraction of sp³-hybridized carbons (Fsp3) is 0.250.